The summed E-state index contributed by atoms with van der Waals surface area (Å²) in [4.78, 5) is 6.90. The Morgan fingerprint density at radius 1 is 1.17 bits per heavy atom. The Bertz CT molecular complexity index is 782. The number of halogens is 2. The summed E-state index contributed by atoms with van der Waals surface area (Å²) in [6, 6.07) is 18.9. The van der Waals surface area contributed by atoms with Gasteiger partial charge in [0, 0.05) is 51.4 Å². The molecule has 0 radical (unpaired) electrons. The van der Waals surface area contributed by atoms with Crippen LogP contribution in [0.1, 0.15) is 30.1 Å². The van der Waals surface area contributed by atoms with Gasteiger partial charge in [-0.3, -0.25) is 9.89 Å². The van der Waals surface area contributed by atoms with E-state index in [4.69, 9.17) is 16.3 Å². The molecule has 5 nitrogen and oxygen atoms in total. The van der Waals surface area contributed by atoms with Crippen molar-refractivity contribution in [2.75, 3.05) is 33.8 Å². The lowest BCUT2D eigenvalue weighted by atomic mass is 10.0. The number of methoxy groups -OCH3 is 1. The fourth-order valence-corrected chi connectivity index (χ4v) is 3.90. The van der Waals surface area contributed by atoms with Crippen molar-refractivity contribution in [2.24, 2.45) is 4.99 Å². The summed E-state index contributed by atoms with van der Waals surface area (Å²) in [7, 11) is 3.52. The molecule has 164 valence electrons. The normalized spacial score (nSPS) is 16.6. The minimum absolute atomic E-state index is 0. The highest BCUT2D eigenvalue weighted by molar-refractivity contribution is 14.0. The standard InChI is InChI=1S/C23H31ClN4O.HI/c1-25-23(26-16-22(29-2)19-9-6-10-20(24)15-19)27-21-11-13-28(14-12-21)17-18-7-4-3-5-8-18;/h3-10,15,21-22H,11-14,16-17H2,1-2H3,(H2,25,26,27);1H. The molecule has 1 fully saturated rings. The summed E-state index contributed by atoms with van der Waals surface area (Å²) in [6.07, 6.45) is 2.13. The number of aliphatic imine (C=N–C) groups is 1. The van der Waals surface area contributed by atoms with Crippen LogP contribution in [-0.4, -0.2) is 50.7 Å². The van der Waals surface area contributed by atoms with Crippen LogP contribution >= 0.6 is 35.6 Å². The SMILES string of the molecule is CN=C(NCC(OC)c1cccc(Cl)c1)NC1CCN(Cc2ccccc2)CC1.I. The summed E-state index contributed by atoms with van der Waals surface area (Å²) >= 11 is 6.11. The fraction of sp³-hybridized carbons (Fsp3) is 0.435. The molecule has 1 aliphatic rings. The maximum absolute atomic E-state index is 6.11. The molecule has 7 heteroatoms. The second kappa shape index (κ2) is 13.1. The molecule has 2 N–H and O–H groups in total. The number of likely N-dealkylation sites (tertiary alicyclic amines) is 1. The molecule has 1 heterocycles. The highest BCUT2D eigenvalue weighted by Crippen LogP contribution is 2.20. The molecular formula is C23H32ClIN4O. The van der Waals surface area contributed by atoms with Crippen LogP contribution < -0.4 is 10.6 Å². The monoisotopic (exact) mass is 542 g/mol. The Labute approximate surface area is 202 Å². The van der Waals surface area contributed by atoms with E-state index in [1.54, 1.807) is 14.2 Å². The number of ether oxygens (including phenoxy) is 1. The molecule has 1 atom stereocenters. The first-order chi connectivity index (χ1) is 14.2. The van der Waals surface area contributed by atoms with Gasteiger partial charge in [0.25, 0.3) is 0 Å². The molecule has 30 heavy (non-hydrogen) atoms. The smallest absolute Gasteiger partial charge is 0.191 e. The van der Waals surface area contributed by atoms with Crippen LogP contribution in [0.3, 0.4) is 0 Å². The molecule has 0 aromatic heterocycles. The summed E-state index contributed by atoms with van der Waals surface area (Å²) in [5.41, 5.74) is 2.43. The van der Waals surface area contributed by atoms with Gasteiger partial charge in [-0.1, -0.05) is 54.1 Å². The highest BCUT2D eigenvalue weighted by atomic mass is 127. The average molecular weight is 543 g/mol. The van der Waals surface area contributed by atoms with E-state index in [1.807, 2.05) is 24.3 Å². The lowest BCUT2D eigenvalue weighted by Crippen LogP contribution is -2.49. The van der Waals surface area contributed by atoms with E-state index in [1.165, 1.54) is 5.56 Å². The molecule has 1 unspecified atom stereocenters. The topological polar surface area (TPSA) is 48.9 Å². The first-order valence-electron chi connectivity index (χ1n) is 10.2. The third kappa shape index (κ3) is 7.72. The van der Waals surface area contributed by atoms with Gasteiger partial charge < -0.3 is 15.4 Å². The molecule has 0 saturated carbocycles. The number of hydrogen-bond donors (Lipinski definition) is 2. The Balaban J connectivity index is 0.00000320. The fourth-order valence-electron chi connectivity index (χ4n) is 3.70. The van der Waals surface area contributed by atoms with Gasteiger partial charge in [0.05, 0.1) is 6.10 Å². The van der Waals surface area contributed by atoms with Gasteiger partial charge >= 0.3 is 0 Å². The molecule has 1 aliphatic heterocycles. The molecule has 3 rings (SSSR count). The van der Waals surface area contributed by atoms with Crippen LogP contribution in [0.4, 0.5) is 0 Å². The van der Waals surface area contributed by atoms with Crippen LogP contribution in [0.5, 0.6) is 0 Å². The van der Waals surface area contributed by atoms with E-state index in [0.29, 0.717) is 17.6 Å². The van der Waals surface area contributed by atoms with Gasteiger partial charge in [-0.05, 0) is 36.1 Å². The first-order valence-corrected chi connectivity index (χ1v) is 10.6. The molecule has 0 amide bonds. The Morgan fingerprint density at radius 2 is 1.90 bits per heavy atom. The number of rotatable bonds is 7. The van der Waals surface area contributed by atoms with E-state index < -0.39 is 0 Å². The van der Waals surface area contributed by atoms with Gasteiger partial charge in [0.15, 0.2) is 5.96 Å². The number of nitrogens with one attached hydrogen (secondary N) is 2. The van der Waals surface area contributed by atoms with Crippen LogP contribution in [0.25, 0.3) is 0 Å². The number of benzene rings is 2. The number of nitrogens with zero attached hydrogens (tertiary/aromatic N) is 2. The number of guanidine groups is 1. The highest BCUT2D eigenvalue weighted by Gasteiger charge is 2.20. The predicted molar refractivity (Wildman–Crippen MR) is 136 cm³/mol. The molecular weight excluding hydrogens is 511 g/mol. The largest absolute Gasteiger partial charge is 0.375 e. The Kier molecular flexibility index (Phi) is 10.9. The molecule has 2 aromatic carbocycles. The van der Waals surface area contributed by atoms with Crippen molar-refractivity contribution in [1.29, 1.82) is 0 Å². The van der Waals surface area contributed by atoms with Crippen LogP contribution in [0, 0.1) is 0 Å². The third-order valence-electron chi connectivity index (χ3n) is 5.36. The van der Waals surface area contributed by atoms with Crippen molar-refractivity contribution in [1.82, 2.24) is 15.5 Å². The minimum atomic E-state index is -0.0834. The van der Waals surface area contributed by atoms with Gasteiger partial charge in [0.2, 0.25) is 0 Å². The first kappa shape index (κ1) is 24.9. The second-order valence-corrected chi connectivity index (χ2v) is 7.85. The maximum Gasteiger partial charge on any atom is 0.191 e. The van der Waals surface area contributed by atoms with E-state index in [9.17, 15) is 0 Å². The van der Waals surface area contributed by atoms with E-state index >= 15 is 0 Å². The van der Waals surface area contributed by atoms with Crippen molar-refractivity contribution in [3.8, 4) is 0 Å². The zero-order valence-corrected chi connectivity index (χ0v) is 20.8. The van der Waals surface area contributed by atoms with Gasteiger partial charge in [-0.25, -0.2) is 0 Å². The second-order valence-electron chi connectivity index (χ2n) is 7.41. The van der Waals surface area contributed by atoms with Gasteiger partial charge in [-0.2, -0.15) is 0 Å². The van der Waals surface area contributed by atoms with E-state index in [2.05, 4.69) is 50.9 Å². The van der Waals surface area contributed by atoms with E-state index in [0.717, 1.165) is 44.0 Å². The summed E-state index contributed by atoms with van der Waals surface area (Å²) in [5.74, 6) is 0.815. The van der Waals surface area contributed by atoms with Crippen molar-refractivity contribution < 1.29 is 4.74 Å². The molecule has 0 aliphatic carbocycles. The number of hydrogen-bond acceptors (Lipinski definition) is 3. The van der Waals surface area contributed by atoms with Crippen molar-refractivity contribution in [2.45, 2.75) is 31.5 Å². The molecule has 1 saturated heterocycles. The summed E-state index contributed by atoms with van der Waals surface area (Å²) < 4.78 is 5.64. The quantitative estimate of drug-likeness (QED) is 0.308. The van der Waals surface area contributed by atoms with Gasteiger partial charge in [-0.15, -0.1) is 24.0 Å². The average Bonchev–Trinajstić information content (AvgIpc) is 2.75. The van der Waals surface area contributed by atoms with E-state index in [-0.39, 0.29) is 30.1 Å². The summed E-state index contributed by atoms with van der Waals surface area (Å²) in [5, 5.41) is 7.67. The van der Waals surface area contributed by atoms with Crippen molar-refractivity contribution in [3.63, 3.8) is 0 Å². The Hall–Kier alpha value is -1.35. The summed E-state index contributed by atoms with van der Waals surface area (Å²) in [6.45, 7) is 3.83. The third-order valence-corrected chi connectivity index (χ3v) is 5.60. The van der Waals surface area contributed by atoms with Crippen LogP contribution in [-0.2, 0) is 11.3 Å². The van der Waals surface area contributed by atoms with Crippen molar-refractivity contribution in [3.05, 3.63) is 70.7 Å². The maximum atomic E-state index is 6.11. The van der Waals surface area contributed by atoms with Crippen molar-refractivity contribution >= 4 is 41.5 Å². The zero-order chi connectivity index (χ0) is 20.5. The van der Waals surface area contributed by atoms with Crippen LogP contribution in [0.15, 0.2) is 59.6 Å². The molecule has 0 spiro atoms. The number of piperidine rings is 1. The minimum Gasteiger partial charge on any atom is -0.375 e. The van der Waals surface area contributed by atoms with Gasteiger partial charge in [0.1, 0.15) is 0 Å². The van der Waals surface area contributed by atoms with Crippen LogP contribution in [0.2, 0.25) is 5.02 Å². The molecule has 2 aromatic rings. The lowest BCUT2D eigenvalue weighted by Gasteiger charge is -2.33. The lowest BCUT2D eigenvalue weighted by molar-refractivity contribution is 0.106. The zero-order valence-electron chi connectivity index (χ0n) is 17.7. The molecule has 0 bridgehead atoms. The Morgan fingerprint density at radius 3 is 2.53 bits per heavy atom. The predicted octanol–water partition coefficient (Wildman–Crippen LogP) is 4.48.